The summed E-state index contributed by atoms with van der Waals surface area (Å²) in [6.07, 6.45) is 2.37. The number of H-pyrrole nitrogens is 1. The van der Waals surface area contributed by atoms with Gasteiger partial charge in [-0.25, -0.2) is 4.98 Å². The minimum absolute atomic E-state index is 0.00481. The molecule has 1 unspecified atom stereocenters. The molecule has 0 aliphatic carbocycles. The third-order valence-electron chi connectivity index (χ3n) is 4.15. The maximum atomic E-state index is 12.8. The summed E-state index contributed by atoms with van der Waals surface area (Å²) < 4.78 is 5.57. The van der Waals surface area contributed by atoms with Gasteiger partial charge in [0.15, 0.2) is 0 Å². The van der Waals surface area contributed by atoms with Crippen molar-refractivity contribution in [2.24, 2.45) is 0 Å². The number of ether oxygens (including phenoxy) is 1. The van der Waals surface area contributed by atoms with Crippen molar-refractivity contribution in [2.45, 2.75) is 12.3 Å². The molecule has 7 heteroatoms. The van der Waals surface area contributed by atoms with Gasteiger partial charge in [-0.05, 0) is 18.6 Å². The molecular weight excluding hydrogens is 320 g/mol. The van der Waals surface area contributed by atoms with Crippen LogP contribution in [0.4, 0.5) is 5.95 Å². The molecule has 1 amide bonds. The Bertz CT molecular complexity index is 846. The van der Waals surface area contributed by atoms with Crippen LogP contribution in [0.3, 0.4) is 0 Å². The summed E-state index contributed by atoms with van der Waals surface area (Å²) in [5.74, 6) is 0.527. The first-order valence-corrected chi connectivity index (χ1v) is 8.07. The normalized spacial score (nSPS) is 16.6. The second-order valence-corrected chi connectivity index (χ2v) is 5.89. The maximum absolute atomic E-state index is 12.8. The zero-order chi connectivity index (χ0) is 17.8. The van der Waals surface area contributed by atoms with Crippen molar-refractivity contribution in [1.29, 1.82) is 0 Å². The maximum Gasteiger partial charge on any atom is 0.257 e. The molecule has 1 aliphatic rings. The molecular formula is C18H20N4O3. The number of nitrogens with two attached hydrogens (primary N) is 1. The van der Waals surface area contributed by atoms with E-state index in [0.29, 0.717) is 36.7 Å². The Hall–Kier alpha value is -3.09. The van der Waals surface area contributed by atoms with Crippen LogP contribution in [0.25, 0.3) is 0 Å². The molecule has 1 atom stereocenters. The van der Waals surface area contributed by atoms with Crippen LogP contribution in [-0.4, -0.2) is 40.5 Å². The van der Waals surface area contributed by atoms with E-state index in [-0.39, 0.29) is 23.3 Å². The van der Waals surface area contributed by atoms with Crippen LogP contribution in [-0.2, 0) is 0 Å². The fourth-order valence-corrected chi connectivity index (χ4v) is 2.98. The third kappa shape index (κ3) is 3.71. The summed E-state index contributed by atoms with van der Waals surface area (Å²) in [7, 11) is 0. The van der Waals surface area contributed by atoms with Crippen LogP contribution >= 0.6 is 0 Å². The highest BCUT2D eigenvalue weighted by Gasteiger charge is 2.30. The highest BCUT2D eigenvalue weighted by molar-refractivity contribution is 5.97. The standard InChI is InChI=1S/C18H20N4O3/c1-2-9-25-15-6-4-3-5-13(15)17(24)22-8-7-12(11-22)14-10-16(23)21-18(19)20-14/h2-6,10,12H,1,7-9,11H2,(H3,19,20,21,23). The molecule has 1 aromatic heterocycles. The molecule has 1 fully saturated rings. The number of aromatic amines is 1. The Morgan fingerprint density at radius 3 is 3.04 bits per heavy atom. The average molecular weight is 340 g/mol. The first-order chi connectivity index (χ1) is 12.1. The van der Waals surface area contributed by atoms with E-state index in [1.807, 2.05) is 6.07 Å². The lowest BCUT2D eigenvalue weighted by atomic mass is 10.0. The molecule has 2 heterocycles. The molecule has 3 rings (SSSR count). The lowest BCUT2D eigenvalue weighted by Gasteiger charge is -2.18. The second kappa shape index (κ2) is 7.21. The number of nitrogen functional groups attached to an aromatic ring is 1. The van der Waals surface area contributed by atoms with Crippen molar-refractivity contribution in [3.8, 4) is 5.75 Å². The van der Waals surface area contributed by atoms with Crippen LogP contribution in [0.15, 0.2) is 47.8 Å². The number of amides is 1. The summed E-state index contributed by atoms with van der Waals surface area (Å²) in [4.78, 5) is 32.8. The number of hydrogen-bond donors (Lipinski definition) is 2. The Morgan fingerprint density at radius 2 is 2.28 bits per heavy atom. The first kappa shape index (κ1) is 16.8. The van der Waals surface area contributed by atoms with Crippen molar-refractivity contribution >= 4 is 11.9 Å². The number of carbonyl (C=O) groups is 1. The largest absolute Gasteiger partial charge is 0.489 e. The lowest BCUT2D eigenvalue weighted by molar-refractivity contribution is 0.0787. The average Bonchev–Trinajstić information content (AvgIpc) is 3.09. The number of likely N-dealkylation sites (tertiary alicyclic amines) is 1. The molecule has 3 N–H and O–H groups in total. The topological polar surface area (TPSA) is 101 Å². The van der Waals surface area contributed by atoms with Gasteiger partial charge in [0.2, 0.25) is 5.95 Å². The SMILES string of the molecule is C=CCOc1ccccc1C(=O)N1CCC(c2cc(=O)[nH]c(N)n2)C1. The van der Waals surface area contributed by atoms with Gasteiger partial charge in [-0.2, -0.15) is 0 Å². The minimum atomic E-state index is -0.282. The van der Waals surface area contributed by atoms with Gasteiger partial charge in [0.05, 0.1) is 11.3 Å². The van der Waals surface area contributed by atoms with Crippen LogP contribution in [0, 0.1) is 0 Å². The minimum Gasteiger partial charge on any atom is -0.489 e. The van der Waals surface area contributed by atoms with Gasteiger partial charge in [-0.1, -0.05) is 24.8 Å². The van der Waals surface area contributed by atoms with E-state index in [9.17, 15) is 9.59 Å². The fraction of sp³-hybridized carbons (Fsp3) is 0.278. The number of nitrogens with zero attached hydrogens (tertiary/aromatic N) is 2. The Kier molecular flexibility index (Phi) is 4.83. The number of carbonyl (C=O) groups excluding carboxylic acids is 1. The molecule has 2 aromatic rings. The molecule has 1 saturated heterocycles. The third-order valence-corrected chi connectivity index (χ3v) is 4.15. The smallest absolute Gasteiger partial charge is 0.257 e. The summed E-state index contributed by atoms with van der Waals surface area (Å²) >= 11 is 0. The molecule has 0 radical (unpaired) electrons. The monoisotopic (exact) mass is 340 g/mol. The molecule has 25 heavy (non-hydrogen) atoms. The molecule has 0 spiro atoms. The predicted octanol–water partition coefficient (Wildman–Crippen LogP) is 1.55. The van der Waals surface area contributed by atoms with Gasteiger partial charge in [-0.15, -0.1) is 0 Å². The zero-order valence-electron chi connectivity index (χ0n) is 13.8. The molecule has 130 valence electrons. The Labute approximate surface area is 145 Å². The van der Waals surface area contributed by atoms with Crippen LogP contribution < -0.4 is 16.0 Å². The van der Waals surface area contributed by atoms with Gasteiger partial charge >= 0.3 is 0 Å². The predicted molar refractivity (Wildman–Crippen MR) is 94.7 cm³/mol. The van der Waals surface area contributed by atoms with E-state index in [2.05, 4.69) is 16.5 Å². The summed E-state index contributed by atoms with van der Waals surface area (Å²) in [6, 6.07) is 8.59. The van der Waals surface area contributed by atoms with Gasteiger partial charge in [0, 0.05) is 25.1 Å². The Balaban J connectivity index is 1.77. The quantitative estimate of drug-likeness (QED) is 0.804. The number of para-hydroxylation sites is 1. The number of aromatic nitrogens is 2. The summed E-state index contributed by atoms with van der Waals surface area (Å²) in [6.45, 7) is 5.04. The second-order valence-electron chi connectivity index (χ2n) is 5.89. The lowest BCUT2D eigenvalue weighted by Crippen LogP contribution is -2.29. The number of anilines is 1. The molecule has 0 saturated carbocycles. The highest BCUT2D eigenvalue weighted by atomic mass is 16.5. The molecule has 7 nitrogen and oxygen atoms in total. The van der Waals surface area contributed by atoms with Crippen molar-refractivity contribution in [3.63, 3.8) is 0 Å². The number of nitrogens with one attached hydrogen (secondary N) is 1. The molecule has 0 bridgehead atoms. The fourth-order valence-electron chi connectivity index (χ4n) is 2.98. The van der Waals surface area contributed by atoms with E-state index < -0.39 is 0 Å². The van der Waals surface area contributed by atoms with Crippen molar-refractivity contribution in [3.05, 3.63) is 64.6 Å². The number of benzene rings is 1. The zero-order valence-corrected chi connectivity index (χ0v) is 13.8. The number of hydrogen-bond acceptors (Lipinski definition) is 5. The Morgan fingerprint density at radius 1 is 1.48 bits per heavy atom. The van der Waals surface area contributed by atoms with E-state index in [4.69, 9.17) is 10.5 Å². The van der Waals surface area contributed by atoms with E-state index in [0.717, 1.165) is 6.42 Å². The van der Waals surface area contributed by atoms with Crippen LogP contribution in [0.2, 0.25) is 0 Å². The van der Waals surface area contributed by atoms with Gasteiger partial charge in [0.1, 0.15) is 12.4 Å². The van der Waals surface area contributed by atoms with Gasteiger partial charge in [0.25, 0.3) is 11.5 Å². The van der Waals surface area contributed by atoms with Gasteiger partial charge in [-0.3, -0.25) is 14.6 Å². The molecule has 1 aliphatic heterocycles. The number of rotatable bonds is 5. The molecule has 1 aromatic carbocycles. The highest BCUT2D eigenvalue weighted by Crippen LogP contribution is 2.28. The van der Waals surface area contributed by atoms with Crippen LogP contribution in [0.5, 0.6) is 5.75 Å². The first-order valence-electron chi connectivity index (χ1n) is 8.07. The van der Waals surface area contributed by atoms with Crippen LogP contribution in [0.1, 0.15) is 28.4 Å². The van der Waals surface area contributed by atoms with Crippen molar-refractivity contribution in [1.82, 2.24) is 14.9 Å². The van der Waals surface area contributed by atoms with E-state index in [1.54, 1.807) is 29.2 Å². The van der Waals surface area contributed by atoms with Gasteiger partial charge < -0.3 is 15.4 Å². The van der Waals surface area contributed by atoms with E-state index in [1.165, 1.54) is 6.07 Å². The summed E-state index contributed by atoms with van der Waals surface area (Å²) in [5, 5.41) is 0. The van der Waals surface area contributed by atoms with Crippen molar-refractivity contribution in [2.75, 3.05) is 25.4 Å². The summed E-state index contributed by atoms with van der Waals surface area (Å²) in [5.41, 5.74) is 6.46. The van der Waals surface area contributed by atoms with Crippen molar-refractivity contribution < 1.29 is 9.53 Å². The van der Waals surface area contributed by atoms with E-state index >= 15 is 0 Å².